The van der Waals surface area contributed by atoms with Crippen molar-refractivity contribution < 1.29 is 19.5 Å². The summed E-state index contributed by atoms with van der Waals surface area (Å²) in [6.07, 6.45) is 2.80. The molecule has 3 N–H and O–H groups in total. The standard InChI is InChI=1S/C13H25N3O4/c1-3-7-14-11(18)6-4-5-8-15-12(19)9-16(2)13(20)10-17/h17H,3-10H2,1-2H3,(H,14,18)(H,15,19). The van der Waals surface area contributed by atoms with Gasteiger partial charge in [-0.05, 0) is 19.3 Å². The Kier molecular flexibility index (Phi) is 10.3. The van der Waals surface area contributed by atoms with E-state index in [9.17, 15) is 14.4 Å². The highest BCUT2D eigenvalue weighted by molar-refractivity contribution is 5.84. The first-order chi connectivity index (χ1) is 9.51. The van der Waals surface area contributed by atoms with Crippen molar-refractivity contribution in [2.45, 2.75) is 32.6 Å². The van der Waals surface area contributed by atoms with E-state index in [1.165, 1.54) is 7.05 Å². The highest BCUT2D eigenvalue weighted by Gasteiger charge is 2.10. The van der Waals surface area contributed by atoms with Crippen LogP contribution in [0.1, 0.15) is 32.6 Å². The summed E-state index contributed by atoms with van der Waals surface area (Å²) in [6, 6.07) is 0. The van der Waals surface area contributed by atoms with Gasteiger partial charge in [0.25, 0.3) is 0 Å². The number of aliphatic hydroxyl groups is 1. The summed E-state index contributed by atoms with van der Waals surface area (Å²) in [6.45, 7) is 2.49. The van der Waals surface area contributed by atoms with Crippen molar-refractivity contribution >= 4 is 17.7 Å². The van der Waals surface area contributed by atoms with Gasteiger partial charge in [0.1, 0.15) is 6.61 Å². The SMILES string of the molecule is CCCNC(=O)CCCCNC(=O)CN(C)C(=O)CO. The van der Waals surface area contributed by atoms with Gasteiger partial charge >= 0.3 is 0 Å². The van der Waals surface area contributed by atoms with Crippen molar-refractivity contribution in [3.63, 3.8) is 0 Å². The second kappa shape index (κ2) is 11.2. The Labute approximate surface area is 119 Å². The van der Waals surface area contributed by atoms with E-state index < -0.39 is 12.5 Å². The average Bonchev–Trinajstić information content (AvgIpc) is 2.43. The number of amides is 3. The maximum Gasteiger partial charge on any atom is 0.248 e. The molecule has 0 aromatic rings. The number of nitrogens with zero attached hydrogens (tertiary/aromatic N) is 1. The van der Waals surface area contributed by atoms with Crippen LogP contribution in [0, 0.1) is 0 Å². The number of rotatable bonds is 10. The largest absolute Gasteiger partial charge is 0.387 e. The number of carbonyl (C=O) groups excluding carboxylic acids is 3. The lowest BCUT2D eigenvalue weighted by Gasteiger charge is -2.15. The van der Waals surface area contributed by atoms with Crippen molar-refractivity contribution in [3.8, 4) is 0 Å². The Morgan fingerprint density at radius 1 is 1.05 bits per heavy atom. The molecule has 0 heterocycles. The van der Waals surface area contributed by atoms with Crippen molar-refractivity contribution in [1.29, 1.82) is 0 Å². The van der Waals surface area contributed by atoms with Gasteiger partial charge < -0.3 is 20.6 Å². The van der Waals surface area contributed by atoms with E-state index in [1.807, 2.05) is 6.92 Å². The number of nitrogens with one attached hydrogen (secondary N) is 2. The van der Waals surface area contributed by atoms with E-state index in [0.29, 0.717) is 32.4 Å². The van der Waals surface area contributed by atoms with Gasteiger partial charge in [-0.15, -0.1) is 0 Å². The molecule has 0 radical (unpaired) electrons. The molecule has 0 saturated heterocycles. The summed E-state index contributed by atoms with van der Waals surface area (Å²) >= 11 is 0. The van der Waals surface area contributed by atoms with Crippen LogP contribution in [0.25, 0.3) is 0 Å². The third-order valence-electron chi connectivity index (χ3n) is 2.67. The summed E-state index contributed by atoms with van der Waals surface area (Å²) in [4.78, 5) is 34.9. The van der Waals surface area contributed by atoms with Crippen LogP contribution >= 0.6 is 0 Å². The highest BCUT2D eigenvalue weighted by Crippen LogP contribution is 1.94. The van der Waals surface area contributed by atoms with Crippen LogP contribution in [-0.2, 0) is 14.4 Å². The van der Waals surface area contributed by atoms with Gasteiger partial charge in [-0.2, -0.15) is 0 Å². The van der Waals surface area contributed by atoms with Crippen LogP contribution in [-0.4, -0.2) is 61.0 Å². The third kappa shape index (κ3) is 9.32. The summed E-state index contributed by atoms with van der Waals surface area (Å²) < 4.78 is 0. The lowest BCUT2D eigenvalue weighted by atomic mass is 10.2. The Hall–Kier alpha value is -1.63. The molecule has 116 valence electrons. The lowest BCUT2D eigenvalue weighted by Crippen LogP contribution is -2.39. The quantitative estimate of drug-likeness (QED) is 0.460. The van der Waals surface area contributed by atoms with Gasteiger partial charge in [0, 0.05) is 26.6 Å². The molecule has 0 saturated carbocycles. The molecule has 20 heavy (non-hydrogen) atoms. The maximum absolute atomic E-state index is 11.4. The lowest BCUT2D eigenvalue weighted by molar-refractivity contribution is -0.136. The maximum atomic E-state index is 11.4. The van der Waals surface area contributed by atoms with Gasteiger partial charge in [0.05, 0.1) is 6.54 Å². The fourth-order valence-electron chi connectivity index (χ4n) is 1.47. The van der Waals surface area contributed by atoms with E-state index in [-0.39, 0.29) is 18.4 Å². The predicted octanol–water partition coefficient (Wildman–Crippen LogP) is -0.750. The van der Waals surface area contributed by atoms with Gasteiger partial charge in [-0.3, -0.25) is 14.4 Å². The molecule has 0 bridgehead atoms. The first-order valence-corrected chi connectivity index (χ1v) is 6.89. The first kappa shape index (κ1) is 18.4. The molecule has 7 heteroatoms. The Bertz CT molecular complexity index is 321. The van der Waals surface area contributed by atoms with Crippen molar-refractivity contribution in [1.82, 2.24) is 15.5 Å². The van der Waals surface area contributed by atoms with E-state index >= 15 is 0 Å². The molecule has 3 amide bonds. The van der Waals surface area contributed by atoms with Gasteiger partial charge in [-0.1, -0.05) is 6.92 Å². The second-order valence-corrected chi connectivity index (χ2v) is 4.56. The molecule has 0 aliphatic carbocycles. The molecule has 0 spiro atoms. The molecule has 0 rings (SSSR count). The number of unbranched alkanes of at least 4 members (excludes halogenated alkanes) is 1. The zero-order valence-electron chi connectivity index (χ0n) is 12.3. The molecule has 0 aromatic heterocycles. The van der Waals surface area contributed by atoms with E-state index in [2.05, 4.69) is 10.6 Å². The molecule has 0 fully saturated rings. The Morgan fingerprint density at radius 2 is 1.70 bits per heavy atom. The molecule has 7 nitrogen and oxygen atoms in total. The highest BCUT2D eigenvalue weighted by atomic mass is 16.3. The van der Waals surface area contributed by atoms with Crippen LogP contribution < -0.4 is 10.6 Å². The molecule has 0 unspecified atom stereocenters. The van der Waals surface area contributed by atoms with Crippen LogP contribution in [0.5, 0.6) is 0 Å². The topological polar surface area (TPSA) is 98.7 Å². The van der Waals surface area contributed by atoms with Gasteiger partial charge in [0.15, 0.2) is 0 Å². The Balaban J connectivity index is 3.57. The monoisotopic (exact) mass is 287 g/mol. The average molecular weight is 287 g/mol. The minimum absolute atomic E-state index is 0.0338. The van der Waals surface area contributed by atoms with Crippen LogP contribution in [0.15, 0.2) is 0 Å². The normalized spacial score (nSPS) is 9.95. The van der Waals surface area contributed by atoms with Crippen LogP contribution in [0.4, 0.5) is 0 Å². The van der Waals surface area contributed by atoms with Crippen LogP contribution in [0.3, 0.4) is 0 Å². The number of hydrogen-bond donors (Lipinski definition) is 3. The fourth-order valence-corrected chi connectivity index (χ4v) is 1.47. The Morgan fingerprint density at radius 3 is 2.30 bits per heavy atom. The van der Waals surface area contributed by atoms with Crippen molar-refractivity contribution in [2.24, 2.45) is 0 Å². The smallest absolute Gasteiger partial charge is 0.248 e. The van der Waals surface area contributed by atoms with Crippen molar-refractivity contribution in [2.75, 3.05) is 33.3 Å². The fraction of sp³-hybridized carbons (Fsp3) is 0.769. The molecule has 0 atom stereocenters. The summed E-state index contributed by atoms with van der Waals surface area (Å²) in [7, 11) is 1.45. The third-order valence-corrected chi connectivity index (χ3v) is 2.67. The molecular weight excluding hydrogens is 262 g/mol. The van der Waals surface area contributed by atoms with Crippen molar-refractivity contribution in [3.05, 3.63) is 0 Å². The predicted molar refractivity (Wildman–Crippen MR) is 74.9 cm³/mol. The number of hydrogen-bond acceptors (Lipinski definition) is 4. The zero-order chi connectivity index (χ0) is 15.4. The summed E-state index contributed by atoms with van der Waals surface area (Å²) in [5.74, 6) is -0.732. The zero-order valence-corrected chi connectivity index (χ0v) is 12.3. The molecule has 0 aliphatic rings. The van der Waals surface area contributed by atoms with E-state index in [4.69, 9.17) is 5.11 Å². The number of likely N-dealkylation sites (N-methyl/N-ethyl adjacent to an activating group) is 1. The minimum Gasteiger partial charge on any atom is -0.387 e. The first-order valence-electron chi connectivity index (χ1n) is 6.89. The molecular formula is C13H25N3O4. The minimum atomic E-state index is -0.601. The summed E-state index contributed by atoms with van der Waals surface area (Å²) in [5, 5.41) is 14.1. The van der Waals surface area contributed by atoms with E-state index in [0.717, 1.165) is 11.3 Å². The van der Waals surface area contributed by atoms with Gasteiger partial charge in [0.2, 0.25) is 17.7 Å². The second-order valence-electron chi connectivity index (χ2n) is 4.56. The van der Waals surface area contributed by atoms with E-state index in [1.54, 1.807) is 0 Å². The molecule has 0 aromatic carbocycles. The number of carbonyl (C=O) groups is 3. The molecule has 0 aliphatic heterocycles. The van der Waals surface area contributed by atoms with Gasteiger partial charge in [-0.25, -0.2) is 0 Å². The summed E-state index contributed by atoms with van der Waals surface area (Å²) in [5.41, 5.74) is 0. The van der Waals surface area contributed by atoms with Crippen LogP contribution in [0.2, 0.25) is 0 Å². The number of aliphatic hydroxyl groups excluding tert-OH is 1.